The minimum atomic E-state index is -0.711. The van der Waals surface area contributed by atoms with E-state index in [0.29, 0.717) is 11.1 Å². The number of hydrogen-bond donors (Lipinski definition) is 1. The lowest BCUT2D eigenvalue weighted by molar-refractivity contribution is 0.0600. The number of nitrogens with zero attached hydrogens (tertiary/aromatic N) is 1. The van der Waals surface area contributed by atoms with E-state index < -0.39 is 17.7 Å². The van der Waals surface area contributed by atoms with Crippen molar-refractivity contribution in [1.82, 2.24) is 4.98 Å². The SMILES string of the molecule is COC(=O)c1c(C)ccc(F)c1NC(=O)c1ccncc1. The Bertz CT molecular complexity index is 687. The highest BCUT2D eigenvalue weighted by molar-refractivity contribution is 6.08. The van der Waals surface area contributed by atoms with Gasteiger partial charge in [-0.15, -0.1) is 0 Å². The molecular weight excluding hydrogens is 275 g/mol. The summed E-state index contributed by atoms with van der Waals surface area (Å²) in [6.07, 6.45) is 2.89. The van der Waals surface area contributed by atoms with Crippen molar-refractivity contribution in [2.75, 3.05) is 12.4 Å². The Kier molecular flexibility index (Phi) is 4.27. The minimum absolute atomic E-state index is 0.0000869. The maximum Gasteiger partial charge on any atom is 0.340 e. The number of halogens is 1. The number of ether oxygens (including phenoxy) is 1. The third-order valence-electron chi connectivity index (χ3n) is 2.93. The van der Waals surface area contributed by atoms with Crippen LogP contribution in [0.5, 0.6) is 0 Å². The van der Waals surface area contributed by atoms with Gasteiger partial charge in [0, 0.05) is 18.0 Å². The molecule has 0 atom stereocenters. The molecule has 2 aromatic rings. The molecule has 108 valence electrons. The van der Waals surface area contributed by atoms with Gasteiger partial charge in [0.1, 0.15) is 5.82 Å². The molecule has 2 rings (SSSR count). The molecule has 0 bridgehead atoms. The molecule has 0 saturated heterocycles. The van der Waals surface area contributed by atoms with Crippen molar-refractivity contribution in [3.63, 3.8) is 0 Å². The average molecular weight is 288 g/mol. The molecule has 6 heteroatoms. The summed E-state index contributed by atoms with van der Waals surface area (Å²) in [6.45, 7) is 1.63. The monoisotopic (exact) mass is 288 g/mol. The molecule has 1 aromatic heterocycles. The zero-order valence-electron chi connectivity index (χ0n) is 11.5. The average Bonchev–Trinajstić information content (AvgIpc) is 2.51. The van der Waals surface area contributed by atoms with Gasteiger partial charge < -0.3 is 10.1 Å². The predicted molar refractivity (Wildman–Crippen MR) is 74.7 cm³/mol. The summed E-state index contributed by atoms with van der Waals surface area (Å²) in [5.74, 6) is -1.95. The standard InChI is InChI=1S/C15H13FN2O3/c1-9-3-4-11(16)13(12(9)15(20)21-2)18-14(19)10-5-7-17-8-6-10/h3-8H,1-2H3,(H,18,19). The first-order valence-corrected chi connectivity index (χ1v) is 6.13. The summed E-state index contributed by atoms with van der Waals surface area (Å²) in [5, 5.41) is 2.41. The number of nitrogens with one attached hydrogen (secondary N) is 1. The molecule has 0 aliphatic carbocycles. The lowest BCUT2D eigenvalue weighted by atomic mass is 10.1. The number of anilines is 1. The summed E-state index contributed by atoms with van der Waals surface area (Å²) < 4.78 is 18.6. The first-order valence-electron chi connectivity index (χ1n) is 6.13. The fourth-order valence-electron chi connectivity index (χ4n) is 1.86. The molecule has 1 N–H and O–H groups in total. The Morgan fingerprint density at radius 2 is 1.86 bits per heavy atom. The lowest BCUT2D eigenvalue weighted by Crippen LogP contribution is -2.17. The zero-order chi connectivity index (χ0) is 15.4. The highest BCUT2D eigenvalue weighted by Crippen LogP contribution is 2.25. The van der Waals surface area contributed by atoms with Crippen LogP contribution in [0.2, 0.25) is 0 Å². The van der Waals surface area contributed by atoms with E-state index in [1.807, 2.05) is 0 Å². The summed E-state index contributed by atoms with van der Waals surface area (Å²) in [4.78, 5) is 27.7. The van der Waals surface area contributed by atoms with Crippen LogP contribution in [-0.4, -0.2) is 24.0 Å². The molecule has 5 nitrogen and oxygen atoms in total. The summed E-state index contributed by atoms with van der Waals surface area (Å²) in [6, 6.07) is 5.61. The van der Waals surface area contributed by atoms with Crippen LogP contribution in [0.15, 0.2) is 36.7 Å². The molecule has 0 aliphatic rings. The van der Waals surface area contributed by atoms with Gasteiger partial charge in [-0.05, 0) is 30.7 Å². The second-order valence-electron chi connectivity index (χ2n) is 4.30. The number of methoxy groups -OCH3 is 1. The van der Waals surface area contributed by atoms with Crippen molar-refractivity contribution < 1.29 is 18.7 Å². The molecule has 0 saturated carbocycles. The molecule has 0 fully saturated rings. The number of hydrogen-bond acceptors (Lipinski definition) is 4. The molecule has 21 heavy (non-hydrogen) atoms. The van der Waals surface area contributed by atoms with E-state index in [1.54, 1.807) is 6.92 Å². The second-order valence-corrected chi connectivity index (χ2v) is 4.30. The Morgan fingerprint density at radius 3 is 2.48 bits per heavy atom. The van der Waals surface area contributed by atoms with Crippen LogP contribution in [-0.2, 0) is 4.74 Å². The van der Waals surface area contributed by atoms with Crippen LogP contribution < -0.4 is 5.32 Å². The predicted octanol–water partition coefficient (Wildman–Crippen LogP) is 2.57. The molecule has 0 spiro atoms. The van der Waals surface area contributed by atoms with Gasteiger partial charge in [0.25, 0.3) is 5.91 Å². The molecular formula is C15H13FN2O3. The Hall–Kier alpha value is -2.76. The van der Waals surface area contributed by atoms with E-state index in [4.69, 9.17) is 0 Å². The molecule has 1 amide bonds. The fourth-order valence-corrected chi connectivity index (χ4v) is 1.86. The first-order chi connectivity index (χ1) is 10.0. The van der Waals surface area contributed by atoms with Gasteiger partial charge in [0.15, 0.2) is 0 Å². The number of benzene rings is 1. The van der Waals surface area contributed by atoms with Crippen molar-refractivity contribution in [2.24, 2.45) is 0 Å². The molecule has 1 heterocycles. The summed E-state index contributed by atoms with van der Waals surface area (Å²) in [7, 11) is 1.20. The van der Waals surface area contributed by atoms with E-state index in [2.05, 4.69) is 15.0 Å². The van der Waals surface area contributed by atoms with E-state index in [1.165, 1.54) is 43.8 Å². The van der Waals surface area contributed by atoms with Crippen molar-refractivity contribution in [1.29, 1.82) is 0 Å². The highest BCUT2D eigenvalue weighted by atomic mass is 19.1. The van der Waals surface area contributed by atoms with Crippen LogP contribution in [0.1, 0.15) is 26.3 Å². The van der Waals surface area contributed by atoms with E-state index >= 15 is 0 Å². The fraction of sp³-hybridized carbons (Fsp3) is 0.133. The van der Waals surface area contributed by atoms with Gasteiger partial charge in [-0.25, -0.2) is 9.18 Å². The van der Waals surface area contributed by atoms with Crippen LogP contribution >= 0.6 is 0 Å². The van der Waals surface area contributed by atoms with Gasteiger partial charge in [-0.1, -0.05) is 6.07 Å². The Labute approximate surface area is 120 Å². The van der Waals surface area contributed by atoms with Gasteiger partial charge >= 0.3 is 5.97 Å². The minimum Gasteiger partial charge on any atom is -0.465 e. The largest absolute Gasteiger partial charge is 0.465 e. The molecule has 0 unspecified atom stereocenters. The van der Waals surface area contributed by atoms with Crippen molar-refractivity contribution >= 4 is 17.6 Å². The zero-order valence-corrected chi connectivity index (χ0v) is 11.5. The topological polar surface area (TPSA) is 68.3 Å². The van der Waals surface area contributed by atoms with Gasteiger partial charge in [0.05, 0.1) is 18.4 Å². The molecule has 0 radical (unpaired) electrons. The summed E-state index contributed by atoms with van der Waals surface area (Å²) in [5.41, 5.74) is 0.624. The van der Waals surface area contributed by atoms with E-state index in [9.17, 15) is 14.0 Å². The quantitative estimate of drug-likeness (QED) is 0.881. The summed E-state index contributed by atoms with van der Waals surface area (Å²) >= 11 is 0. The number of pyridine rings is 1. The number of amides is 1. The highest BCUT2D eigenvalue weighted by Gasteiger charge is 2.21. The number of rotatable bonds is 3. The van der Waals surface area contributed by atoms with Gasteiger partial charge in [-0.2, -0.15) is 0 Å². The number of aromatic nitrogens is 1. The van der Waals surface area contributed by atoms with E-state index in [-0.39, 0.29) is 11.3 Å². The van der Waals surface area contributed by atoms with Crippen LogP contribution in [0, 0.1) is 12.7 Å². The van der Waals surface area contributed by atoms with Crippen LogP contribution in [0.25, 0.3) is 0 Å². The van der Waals surface area contributed by atoms with Crippen molar-refractivity contribution in [2.45, 2.75) is 6.92 Å². The van der Waals surface area contributed by atoms with Crippen molar-refractivity contribution in [3.05, 3.63) is 59.2 Å². The van der Waals surface area contributed by atoms with Gasteiger partial charge in [-0.3, -0.25) is 9.78 Å². The second kappa shape index (κ2) is 6.13. The third kappa shape index (κ3) is 3.05. The molecule has 0 aliphatic heterocycles. The number of aryl methyl sites for hydroxylation is 1. The normalized spacial score (nSPS) is 10.0. The number of carbonyl (C=O) groups excluding carboxylic acids is 2. The molecule has 1 aromatic carbocycles. The third-order valence-corrected chi connectivity index (χ3v) is 2.93. The van der Waals surface area contributed by atoms with E-state index in [0.717, 1.165) is 0 Å². The number of esters is 1. The lowest BCUT2D eigenvalue weighted by Gasteiger charge is -2.13. The Morgan fingerprint density at radius 1 is 1.19 bits per heavy atom. The smallest absolute Gasteiger partial charge is 0.340 e. The maximum atomic E-state index is 14.0. The van der Waals surface area contributed by atoms with Crippen LogP contribution in [0.3, 0.4) is 0 Å². The van der Waals surface area contributed by atoms with Crippen LogP contribution in [0.4, 0.5) is 10.1 Å². The van der Waals surface area contributed by atoms with Crippen molar-refractivity contribution in [3.8, 4) is 0 Å². The first kappa shape index (κ1) is 14.6. The van der Waals surface area contributed by atoms with Gasteiger partial charge in [0.2, 0.25) is 0 Å². The Balaban J connectivity index is 2.42. The maximum absolute atomic E-state index is 14.0. The number of carbonyl (C=O) groups is 2.